The zero-order valence-electron chi connectivity index (χ0n) is 11.3. The van der Waals surface area contributed by atoms with E-state index in [1.54, 1.807) is 0 Å². The minimum Gasteiger partial charge on any atom is -0.475 e. The van der Waals surface area contributed by atoms with Gasteiger partial charge < -0.3 is 15.8 Å². The minimum absolute atomic E-state index is 0.112. The molecule has 1 aliphatic rings. The number of hydrogen-bond donors (Lipinski definition) is 2. The van der Waals surface area contributed by atoms with Crippen LogP contribution in [0.4, 0.5) is 5.95 Å². The predicted octanol–water partition coefficient (Wildman–Crippen LogP) is 1.72. The molecule has 1 saturated carbocycles. The Kier molecular flexibility index (Phi) is 4.01. The highest BCUT2D eigenvalue weighted by atomic mass is 16.5. The SMILES string of the molecule is Cc1cc(OC(C)C)nc(NC(CN)C2CC2)n1. The van der Waals surface area contributed by atoms with E-state index in [1.165, 1.54) is 12.8 Å². The number of hydrogen-bond acceptors (Lipinski definition) is 5. The molecule has 1 unspecified atom stereocenters. The Morgan fingerprint density at radius 3 is 2.72 bits per heavy atom. The van der Waals surface area contributed by atoms with Crippen molar-refractivity contribution in [2.24, 2.45) is 11.7 Å². The maximum absolute atomic E-state index is 5.77. The molecule has 1 heterocycles. The third-order valence-corrected chi connectivity index (χ3v) is 2.95. The molecule has 0 aliphatic heterocycles. The van der Waals surface area contributed by atoms with Crippen molar-refractivity contribution >= 4 is 5.95 Å². The summed E-state index contributed by atoms with van der Waals surface area (Å²) in [6, 6.07) is 2.12. The van der Waals surface area contributed by atoms with Crippen LogP contribution in [0.3, 0.4) is 0 Å². The molecule has 0 radical (unpaired) electrons. The summed E-state index contributed by atoms with van der Waals surface area (Å²) in [6.07, 6.45) is 2.60. The van der Waals surface area contributed by atoms with Crippen LogP contribution < -0.4 is 15.8 Å². The molecular weight excluding hydrogens is 228 g/mol. The summed E-state index contributed by atoms with van der Waals surface area (Å²) in [5.41, 5.74) is 6.67. The van der Waals surface area contributed by atoms with Crippen molar-refractivity contribution in [2.75, 3.05) is 11.9 Å². The van der Waals surface area contributed by atoms with Crippen molar-refractivity contribution in [3.63, 3.8) is 0 Å². The number of nitrogens with two attached hydrogens (primary N) is 1. The second kappa shape index (κ2) is 5.52. The van der Waals surface area contributed by atoms with Gasteiger partial charge in [-0.25, -0.2) is 4.98 Å². The van der Waals surface area contributed by atoms with Gasteiger partial charge in [0, 0.05) is 24.3 Å². The molecular formula is C13H22N4O. The van der Waals surface area contributed by atoms with Crippen LogP contribution in [-0.2, 0) is 0 Å². The molecule has 0 bridgehead atoms. The standard InChI is InChI=1S/C13H22N4O/c1-8(2)18-12-6-9(3)15-13(17-12)16-11(7-14)10-4-5-10/h6,8,10-11H,4-5,7,14H2,1-3H3,(H,15,16,17). The zero-order valence-corrected chi connectivity index (χ0v) is 11.3. The zero-order chi connectivity index (χ0) is 13.1. The molecule has 3 N–H and O–H groups in total. The van der Waals surface area contributed by atoms with Crippen LogP contribution in [0.1, 0.15) is 32.4 Å². The number of anilines is 1. The Labute approximate surface area is 108 Å². The minimum atomic E-state index is 0.112. The average Bonchev–Trinajstić information content (AvgIpc) is 3.07. The smallest absolute Gasteiger partial charge is 0.226 e. The molecule has 1 aliphatic carbocycles. The summed E-state index contributed by atoms with van der Waals surface area (Å²) in [7, 11) is 0. The van der Waals surface area contributed by atoms with Gasteiger partial charge in [0.25, 0.3) is 0 Å². The van der Waals surface area contributed by atoms with E-state index < -0.39 is 0 Å². The van der Waals surface area contributed by atoms with Gasteiger partial charge in [0.05, 0.1) is 6.10 Å². The van der Waals surface area contributed by atoms with Crippen molar-refractivity contribution in [1.29, 1.82) is 0 Å². The molecule has 0 aromatic carbocycles. The van der Waals surface area contributed by atoms with E-state index in [4.69, 9.17) is 10.5 Å². The highest BCUT2D eigenvalue weighted by molar-refractivity contribution is 5.32. The Morgan fingerprint density at radius 2 is 2.17 bits per heavy atom. The first-order chi connectivity index (χ1) is 8.58. The Morgan fingerprint density at radius 1 is 1.44 bits per heavy atom. The Balaban J connectivity index is 2.08. The van der Waals surface area contributed by atoms with Crippen molar-refractivity contribution in [3.05, 3.63) is 11.8 Å². The summed E-state index contributed by atoms with van der Waals surface area (Å²) < 4.78 is 5.60. The van der Waals surface area contributed by atoms with E-state index in [0.717, 1.165) is 5.69 Å². The highest BCUT2D eigenvalue weighted by Crippen LogP contribution is 2.33. The van der Waals surface area contributed by atoms with Crippen LogP contribution in [0.25, 0.3) is 0 Å². The number of nitrogens with one attached hydrogen (secondary N) is 1. The van der Waals surface area contributed by atoms with E-state index in [2.05, 4.69) is 15.3 Å². The van der Waals surface area contributed by atoms with E-state index in [9.17, 15) is 0 Å². The maximum atomic E-state index is 5.77. The van der Waals surface area contributed by atoms with Crippen LogP contribution in [0.5, 0.6) is 5.88 Å². The van der Waals surface area contributed by atoms with Gasteiger partial charge in [-0.1, -0.05) is 0 Å². The first-order valence-electron chi connectivity index (χ1n) is 6.57. The van der Waals surface area contributed by atoms with Crippen LogP contribution in [0.15, 0.2) is 6.07 Å². The molecule has 2 rings (SSSR count). The molecule has 1 fully saturated rings. The van der Waals surface area contributed by atoms with Crippen LogP contribution in [0, 0.1) is 12.8 Å². The number of rotatable bonds is 6. The number of aromatic nitrogens is 2. The summed E-state index contributed by atoms with van der Waals surface area (Å²) in [5, 5.41) is 3.32. The van der Waals surface area contributed by atoms with Crippen molar-refractivity contribution in [3.8, 4) is 5.88 Å². The first kappa shape index (κ1) is 13.1. The van der Waals surface area contributed by atoms with Gasteiger partial charge in [-0.3, -0.25) is 0 Å². The molecule has 0 amide bonds. The lowest BCUT2D eigenvalue weighted by Gasteiger charge is -2.17. The van der Waals surface area contributed by atoms with Gasteiger partial charge in [0.2, 0.25) is 11.8 Å². The Bertz CT molecular complexity index is 404. The quantitative estimate of drug-likeness (QED) is 0.804. The lowest BCUT2D eigenvalue weighted by atomic mass is 10.2. The summed E-state index contributed by atoms with van der Waals surface area (Å²) in [6.45, 7) is 6.52. The summed E-state index contributed by atoms with van der Waals surface area (Å²) in [5.74, 6) is 1.91. The molecule has 1 aromatic heterocycles. The monoisotopic (exact) mass is 250 g/mol. The third kappa shape index (κ3) is 3.57. The molecule has 5 heteroatoms. The second-order valence-electron chi connectivity index (χ2n) is 5.16. The fourth-order valence-corrected chi connectivity index (χ4v) is 1.94. The van der Waals surface area contributed by atoms with Crippen LogP contribution >= 0.6 is 0 Å². The van der Waals surface area contributed by atoms with E-state index >= 15 is 0 Å². The molecule has 100 valence electrons. The predicted molar refractivity (Wildman–Crippen MR) is 71.7 cm³/mol. The van der Waals surface area contributed by atoms with Crippen molar-refractivity contribution < 1.29 is 4.74 Å². The Hall–Kier alpha value is -1.36. The number of aryl methyl sites for hydroxylation is 1. The molecule has 0 spiro atoms. The summed E-state index contributed by atoms with van der Waals surface area (Å²) in [4.78, 5) is 8.75. The van der Waals surface area contributed by atoms with Gasteiger partial charge in [-0.15, -0.1) is 0 Å². The molecule has 1 atom stereocenters. The molecule has 0 saturated heterocycles. The number of ether oxygens (including phenoxy) is 1. The maximum Gasteiger partial charge on any atom is 0.226 e. The van der Waals surface area contributed by atoms with Gasteiger partial charge in [0.1, 0.15) is 0 Å². The highest BCUT2D eigenvalue weighted by Gasteiger charge is 2.30. The van der Waals surface area contributed by atoms with Crippen LogP contribution in [0.2, 0.25) is 0 Å². The van der Waals surface area contributed by atoms with E-state index in [-0.39, 0.29) is 12.1 Å². The summed E-state index contributed by atoms with van der Waals surface area (Å²) >= 11 is 0. The fraction of sp³-hybridized carbons (Fsp3) is 0.692. The van der Waals surface area contributed by atoms with E-state index in [1.807, 2.05) is 26.8 Å². The second-order valence-corrected chi connectivity index (χ2v) is 5.16. The molecule has 18 heavy (non-hydrogen) atoms. The van der Waals surface area contributed by atoms with E-state index in [0.29, 0.717) is 24.3 Å². The third-order valence-electron chi connectivity index (χ3n) is 2.95. The topological polar surface area (TPSA) is 73.1 Å². The van der Waals surface area contributed by atoms with Gasteiger partial charge in [-0.05, 0) is 39.5 Å². The van der Waals surface area contributed by atoms with Crippen LogP contribution in [-0.4, -0.2) is 28.7 Å². The molecule has 1 aromatic rings. The normalized spacial score (nSPS) is 16.7. The van der Waals surface area contributed by atoms with Crippen molar-refractivity contribution in [2.45, 2.75) is 45.8 Å². The van der Waals surface area contributed by atoms with Crippen molar-refractivity contribution in [1.82, 2.24) is 9.97 Å². The number of nitrogens with zero attached hydrogens (tertiary/aromatic N) is 2. The largest absolute Gasteiger partial charge is 0.475 e. The fourth-order valence-electron chi connectivity index (χ4n) is 1.94. The van der Waals surface area contributed by atoms with Gasteiger partial charge in [0.15, 0.2) is 0 Å². The first-order valence-corrected chi connectivity index (χ1v) is 6.57. The molecule has 5 nitrogen and oxygen atoms in total. The lowest BCUT2D eigenvalue weighted by Crippen LogP contribution is -2.31. The lowest BCUT2D eigenvalue weighted by molar-refractivity contribution is 0.232. The van der Waals surface area contributed by atoms with Gasteiger partial charge >= 0.3 is 0 Å². The average molecular weight is 250 g/mol. The van der Waals surface area contributed by atoms with Gasteiger partial charge in [-0.2, -0.15) is 4.98 Å².